The second-order valence-electron chi connectivity index (χ2n) is 6.55. The molecule has 0 saturated heterocycles. The topological polar surface area (TPSA) is 79.3 Å². The normalized spacial score (nSPS) is 12.4. The number of nitrogens with zero attached hydrogens (tertiary/aromatic N) is 1. The van der Waals surface area contributed by atoms with Crippen molar-refractivity contribution in [2.45, 2.75) is 25.1 Å². The first-order chi connectivity index (χ1) is 14.2. The molecule has 156 valence electrons. The molecule has 0 unspecified atom stereocenters. The summed E-state index contributed by atoms with van der Waals surface area (Å²) in [6, 6.07) is 12.6. The molecule has 1 aromatic heterocycles. The Balaban J connectivity index is 1.66. The van der Waals surface area contributed by atoms with E-state index < -0.39 is 29.7 Å². The van der Waals surface area contributed by atoms with Gasteiger partial charge in [-0.1, -0.05) is 42.5 Å². The molecule has 3 aromatic rings. The molecule has 30 heavy (non-hydrogen) atoms. The average molecular weight is 434 g/mol. The molecule has 3 rings (SSSR count). The predicted molar refractivity (Wildman–Crippen MR) is 106 cm³/mol. The molecule has 0 spiro atoms. The number of halogens is 3. The molecule has 0 aliphatic rings. The highest BCUT2D eigenvalue weighted by Gasteiger charge is 2.30. The van der Waals surface area contributed by atoms with E-state index in [1.54, 1.807) is 29.6 Å². The van der Waals surface area contributed by atoms with Gasteiger partial charge in [-0.2, -0.15) is 13.2 Å². The summed E-state index contributed by atoms with van der Waals surface area (Å²) >= 11 is 1.12. The van der Waals surface area contributed by atoms with Gasteiger partial charge >= 0.3 is 12.1 Å². The van der Waals surface area contributed by atoms with Crippen molar-refractivity contribution >= 4 is 23.2 Å². The molecule has 2 N–H and O–H groups in total. The summed E-state index contributed by atoms with van der Waals surface area (Å²) in [6.45, 7) is 0. The summed E-state index contributed by atoms with van der Waals surface area (Å²) in [7, 11) is 0. The van der Waals surface area contributed by atoms with Gasteiger partial charge in [0.25, 0.3) is 0 Å². The van der Waals surface area contributed by atoms with Crippen LogP contribution in [0.2, 0.25) is 0 Å². The summed E-state index contributed by atoms with van der Waals surface area (Å²) < 4.78 is 38.7. The summed E-state index contributed by atoms with van der Waals surface area (Å²) in [4.78, 5) is 28.0. The van der Waals surface area contributed by atoms with Crippen LogP contribution in [0.4, 0.5) is 13.2 Å². The molecule has 1 heterocycles. The van der Waals surface area contributed by atoms with Crippen LogP contribution in [0.5, 0.6) is 0 Å². The molecule has 0 saturated carbocycles. The predicted octanol–water partition coefficient (Wildman–Crippen LogP) is 4.18. The molecular weight excluding hydrogens is 417 g/mol. The summed E-state index contributed by atoms with van der Waals surface area (Å²) in [5.41, 5.74) is 0.646. The van der Waals surface area contributed by atoms with Crippen molar-refractivity contribution in [3.05, 3.63) is 76.8 Å². The van der Waals surface area contributed by atoms with Gasteiger partial charge in [-0.05, 0) is 17.7 Å². The van der Waals surface area contributed by atoms with E-state index in [9.17, 15) is 27.9 Å². The third kappa shape index (κ3) is 5.66. The SMILES string of the molecule is O=C(Cc1csc(-c2cccc(C(F)(F)F)c2)n1)N[C@H](Cc1ccccc1)C(=O)O. The number of carbonyl (C=O) groups excluding carboxylic acids is 1. The van der Waals surface area contributed by atoms with Crippen LogP contribution in [0, 0.1) is 0 Å². The van der Waals surface area contributed by atoms with Gasteiger partial charge in [0.15, 0.2) is 0 Å². The minimum absolute atomic E-state index is 0.133. The Bertz CT molecular complexity index is 1040. The highest BCUT2D eigenvalue weighted by Crippen LogP contribution is 2.33. The molecule has 5 nitrogen and oxygen atoms in total. The lowest BCUT2D eigenvalue weighted by molar-refractivity contribution is -0.141. The zero-order valence-corrected chi connectivity index (χ0v) is 16.3. The summed E-state index contributed by atoms with van der Waals surface area (Å²) in [5, 5.41) is 13.8. The van der Waals surface area contributed by atoms with Gasteiger partial charge in [0.1, 0.15) is 11.0 Å². The summed E-state index contributed by atoms with van der Waals surface area (Å²) in [6.07, 6.45) is -4.50. The first-order valence-electron chi connectivity index (χ1n) is 8.90. The van der Waals surface area contributed by atoms with Crippen molar-refractivity contribution in [3.63, 3.8) is 0 Å². The van der Waals surface area contributed by atoms with Crippen LogP contribution in [0.1, 0.15) is 16.8 Å². The molecule has 1 amide bonds. The summed E-state index contributed by atoms with van der Waals surface area (Å²) in [5.74, 6) is -1.69. The molecule has 0 bridgehead atoms. The number of aromatic nitrogens is 1. The number of carboxylic acids is 1. The fraction of sp³-hybridized carbons (Fsp3) is 0.190. The van der Waals surface area contributed by atoms with E-state index in [4.69, 9.17) is 0 Å². The Labute approximate surface area is 174 Å². The maximum absolute atomic E-state index is 12.9. The van der Waals surface area contributed by atoms with E-state index in [-0.39, 0.29) is 12.8 Å². The van der Waals surface area contributed by atoms with Crippen molar-refractivity contribution in [2.24, 2.45) is 0 Å². The van der Waals surface area contributed by atoms with Crippen LogP contribution in [0.3, 0.4) is 0 Å². The van der Waals surface area contributed by atoms with Crippen LogP contribution in [0.15, 0.2) is 60.0 Å². The lowest BCUT2D eigenvalue weighted by Gasteiger charge is -2.14. The Morgan fingerprint density at radius 3 is 2.50 bits per heavy atom. The van der Waals surface area contributed by atoms with E-state index in [0.717, 1.165) is 29.0 Å². The standard InChI is InChI=1S/C21H17F3N2O3S/c22-21(23,24)15-8-4-7-14(10-15)19-25-16(12-30-19)11-18(27)26-17(20(28)29)9-13-5-2-1-3-6-13/h1-8,10,12,17H,9,11H2,(H,26,27)(H,28,29)/t17-/m1/s1. The first kappa shape index (κ1) is 21.5. The van der Waals surface area contributed by atoms with Crippen molar-refractivity contribution in [3.8, 4) is 10.6 Å². The minimum atomic E-state index is -4.46. The molecule has 9 heteroatoms. The monoisotopic (exact) mass is 434 g/mol. The quantitative estimate of drug-likeness (QED) is 0.585. The number of nitrogens with one attached hydrogen (secondary N) is 1. The van der Waals surface area contributed by atoms with Crippen molar-refractivity contribution in [1.29, 1.82) is 0 Å². The minimum Gasteiger partial charge on any atom is -0.480 e. The number of carboxylic acid groups (broad SMARTS) is 1. The smallest absolute Gasteiger partial charge is 0.416 e. The van der Waals surface area contributed by atoms with Crippen LogP contribution in [-0.4, -0.2) is 28.0 Å². The van der Waals surface area contributed by atoms with Crippen LogP contribution >= 0.6 is 11.3 Å². The third-order valence-corrected chi connectivity index (χ3v) is 5.19. The van der Waals surface area contributed by atoms with Gasteiger partial charge < -0.3 is 10.4 Å². The number of alkyl halides is 3. The number of amides is 1. The molecule has 1 atom stereocenters. The van der Waals surface area contributed by atoms with Gasteiger partial charge in [-0.3, -0.25) is 4.79 Å². The second-order valence-corrected chi connectivity index (χ2v) is 7.41. The molecule has 2 aromatic carbocycles. The van der Waals surface area contributed by atoms with Crippen LogP contribution in [0.25, 0.3) is 10.6 Å². The van der Waals surface area contributed by atoms with Crippen molar-refractivity contribution < 1.29 is 27.9 Å². The number of hydrogen-bond acceptors (Lipinski definition) is 4. The van der Waals surface area contributed by atoms with E-state index in [1.165, 1.54) is 12.1 Å². The Morgan fingerprint density at radius 1 is 1.10 bits per heavy atom. The first-order valence-corrected chi connectivity index (χ1v) is 9.78. The van der Waals surface area contributed by atoms with E-state index >= 15 is 0 Å². The van der Waals surface area contributed by atoms with Crippen molar-refractivity contribution in [2.75, 3.05) is 0 Å². The lowest BCUT2D eigenvalue weighted by Crippen LogP contribution is -2.43. The number of benzene rings is 2. The lowest BCUT2D eigenvalue weighted by atomic mass is 10.1. The zero-order valence-electron chi connectivity index (χ0n) is 15.5. The highest BCUT2D eigenvalue weighted by atomic mass is 32.1. The average Bonchev–Trinajstić information content (AvgIpc) is 3.16. The zero-order chi connectivity index (χ0) is 21.7. The highest BCUT2D eigenvalue weighted by molar-refractivity contribution is 7.13. The molecule has 0 fully saturated rings. The van der Waals surface area contributed by atoms with Crippen LogP contribution in [-0.2, 0) is 28.6 Å². The number of thiazole rings is 1. The van der Waals surface area contributed by atoms with E-state index in [2.05, 4.69) is 10.3 Å². The third-order valence-electron chi connectivity index (χ3n) is 4.25. The second kappa shape index (κ2) is 9.08. The largest absolute Gasteiger partial charge is 0.480 e. The Morgan fingerprint density at radius 2 is 1.83 bits per heavy atom. The fourth-order valence-corrected chi connectivity index (χ4v) is 3.63. The van der Waals surface area contributed by atoms with Gasteiger partial charge in [-0.15, -0.1) is 11.3 Å². The van der Waals surface area contributed by atoms with Crippen LogP contribution < -0.4 is 5.32 Å². The van der Waals surface area contributed by atoms with E-state index in [0.29, 0.717) is 16.3 Å². The fourth-order valence-electron chi connectivity index (χ4n) is 2.81. The molecular formula is C21H17F3N2O3S. The Kier molecular flexibility index (Phi) is 6.51. The maximum Gasteiger partial charge on any atom is 0.416 e. The van der Waals surface area contributed by atoms with Gasteiger partial charge in [0.2, 0.25) is 5.91 Å². The van der Waals surface area contributed by atoms with Gasteiger partial charge in [0, 0.05) is 17.4 Å². The number of hydrogen-bond donors (Lipinski definition) is 2. The maximum atomic E-state index is 12.9. The van der Waals surface area contributed by atoms with E-state index in [1.807, 2.05) is 6.07 Å². The molecule has 0 aliphatic carbocycles. The number of carbonyl (C=O) groups is 2. The molecule has 0 aliphatic heterocycles. The Hall–Kier alpha value is -3.20. The number of rotatable bonds is 7. The molecule has 0 radical (unpaired) electrons. The van der Waals surface area contributed by atoms with Gasteiger partial charge in [0.05, 0.1) is 17.7 Å². The van der Waals surface area contributed by atoms with Crippen molar-refractivity contribution in [1.82, 2.24) is 10.3 Å². The number of aliphatic carboxylic acids is 1. The van der Waals surface area contributed by atoms with Gasteiger partial charge in [-0.25, -0.2) is 9.78 Å².